The van der Waals surface area contributed by atoms with Crippen molar-refractivity contribution >= 4 is 23.0 Å². The van der Waals surface area contributed by atoms with E-state index in [1.807, 2.05) is 11.0 Å². The van der Waals surface area contributed by atoms with Crippen molar-refractivity contribution in [3.05, 3.63) is 24.3 Å². The summed E-state index contributed by atoms with van der Waals surface area (Å²) in [6, 6.07) is 2.12. The number of pyridine rings is 1. The number of aliphatic carboxylic acids is 1. The molecule has 8 nitrogen and oxygen atoms in total. The molecule has 1 saturated carbocycles. The highest BCUT2D eigenvalue weighted by molar-refractivity contribution is 5.75. The second kappa shape index (κ2) is 8.80. The molecule has 4 rings (SSSR count). The van der Waals surface area contributed by atoms with Crippen molar-refractivity contribution in [1.82, 2.24) is 25.2 Å². The molecule has 2 fully saturated rings. The molecule has 2 aromatic rings. The summed E-state index contributed by atoms with van der Waals surface area (Å²) in [5, 5.41) is 12.5. The van der Waals surface area contributed by atoms with Crippen LogP contribution >= 0.6 is 0 Å². The van der Waals surface area contributed by atoms with Crippen LogP contribution in [-0.4, -0.2) is 56.1 Å². The van der Waals surface area contributed by atoms with Crippen LogP contribution in [0.25, 0.3) is 11.0 Å². The SMILES string of the molecule is O=C(O)CC1CCN(C(=O)NC2CCCCC2)CC1Cc1nc2ccncc2[nH]1. The zero-order chi connectivity index (χ0) is 20.2. The number of nitrogens with zero attached hydrogens (tertiary/aromatic N) is 3. The predicted octanol–water partition coefficient (Wildman–Crippen LogP) is 2.96. The number of piperidine rings is 1. The zero-order valence-electron chi connectivity index (χ0n) is 16.6. The number of carboxylic acids is 1. The third-order valence-electron chi connectivity index (χ3n) is 6.34. The summed E-state index contributed by atoms with van der Waals surface area (Å²) in [6.07, 6.45) is 10.6. The maximum atomic E-state index is 12.8. The van der Waals surface area contributed by atoms with Crippen LogP contribution in [0.5, 0.6) is 0 Å². The number of fused-ring (bicyclic) bond motifs is 1. The van der Waals surface area contributed by atoms with Gasteiger partial charge in [-0.05, 0) is 37.2 Å². The highest BCUT2D eigenvalue weighted by Gasteiger charge is 2.34. The maximum Gasteiger partial charge on any atom is 0.317 e. The Morgan fingerprint density at radius 3 is 2.79 bits per heavy atom. The summed E-state index contributed by atoms with van der Waals surface area (Å²) in [7, 11) is 0. The quantitative estimate of drug-likeness (QED) is 0.716. The topological polar surface area (TPSA) is 111 Å². The van der Waals surface area contributed by atoms with Crippen molar-refractivity contribution in [2.45, 2.75) is 57.4 Å². The van der Waals surface area contributed by atoms with E-state index in [-0.39, 0.29) is 30.3 Å². The van der Waals surface area contributed by atoms with E-state index in [1.54, 1.807) is 12.4 Å². The highest BCUT2D eigenvalue weighted by Crippen LogP contribution is 2.30. The fraction of sp³-hybridized carbons (Fsp3) is 0.619. The molecule has 2 unspecified atom stereocenters. The second-order valence-corrected chi connectivity index (χ2v) is 8.42. The fourth-order valence-electron chi connectivity index (χ4n) is 4.76. The smallest absolute Gasteiger partial charge is 0.317 e. The van der Waals surface area contributed by atoms with E-state index in [0.717, 1.165) is 29.7 Å². The summed E-state index contributed by atoms with van der Waals surface area (Å²) in [4.78, 5) is 38.0. The van der Waals surface area contributed by atoms with Crippen LogP contribution in [0.1, 0.15) is 50.8 Å². The predicted molar refractivity (Wildman–Crippen MR) is 108 cm³/mol. The van der Waals surface area contributed by atoms with Gasteiger partial charge < -0.3 is 20.3 Å². The number of aromatic nitrogens is 3. The van der Waals surface area contributed by atoms with Crippen molar-refractivity contribution in [2.24, 2.45) is 11.8 Å². The number of hydrogen-bond acceptors (Lipinski definition) is 4. The normalized spacial score (nSPS) is 23.2. The Morgan fingerprint density at radius 2 is 2.03 bits per heavy atom. The number of imidazole rings is 1. The molecular weight excluding hydrogens is 370 g/mol. The molecule has 0 aromatic carbocycles. The molecule has 8 heteroatoms. The number of hydrogen-bond donors (Lipinski definition) is 3. The van der Waals surface area contributed by atoms with Crippen LogP contribution in [-0.2, 0) is 11.2 Å². The minimum absolute atomic E-state index is 0.00974. The highest BCUT2D eigenvalue weighted by atomic mass is 16.4. The number of carbonyl (C=O) groups is 2. The molecule has 2 amide bonds. The summed E-state index contributed by atoms with van der Waals surface area (Å²) < 4.78 is 0. The maximum absolute atomic E-state index is 12.8. The molecule has 3 heterocycles. The number of carboxylic acid groups (broad SMARTS) is 1. The van der Waals surface area contributed by atoms with Crippen LogP contribution in [0.2, 0.25) is 0 Å². The Balaban J connectivity index is 1.44. The molecule has 0 spiro atoms. The number of likely N-dealkylation sites (tertiary alicyclic amines) is 1. The van der Waals surface area contributed by atoms with Crippen molar-refractivity contribution in [3.63, 3.8) is 0 Å². The summed E-state index contributed by atoms with van der Waals surface area (Å²) >= 11 is 0. The van der Waals surface area contributed by atoms with Crippen LogP contribution < -0.4 is 5.32 Å². The number of amides is 2. The molecule has 2 atom stereocenters. The number of rotatable bonds is 5. The van der Waals surface area contributed by atoms with Crippen molar-refractivity contribution in [2.75, 3.05) is 13.1 Å². The number of urea groups is 1. The van der Waals surface area contributed by atoms with Crippen LogP contribution in [0.3, 0.4) is 0 Å². The van der Waals surface area contributed by atoms with Gasteiger partial charge in [0.25, 0.3) is 0 Å². The van der Waals surface area contributed by atoms with E-state index in [2.05, 4.69) is 20.3 Å². The van der Waals surface area contributed by atoms with Gasteiger partial charge in [0.15, 0.2) is 0 Å². The minimum atomic E-state index is -0.783. The monoisotopic (exact) mass is 399 g/mol. The molecule has 0 radical (unpaired) electrons. The van der Waals surface area contributed by atoms with Gasteiger partial charge >= 0.3 is 12.0 Å². The van der Waals surface area contributed by atoms with Crippen LogP contribution in [0, 0.1) is 11.8 Å². The third kappa shape index (κ3) is 4.86. The molecule has 2 aliphatic rings. The largest absolute Gasteiger partial charge is 0.481 e. The summed E-state index contributed by atoms with van der Waals surface area (Å²) in [5.41, 5.74) is 1.73. The Labute approximate surface area is 170 Å². The lowest BCUT2D eigenvalue weighted by Crippen LogP contribution is -2.51. The van der Waals surface area contributed by atoms with Gasteiger partial charge in [-0.15, -0.1) is 0 Å². The Bertz CT molecular complexity index is 828. The van der Waals surface area contributed by atoms with Gasteiger partial charge in [-0.1, -0.05) is 19.3 Å². The van der Waals surface area contributed by atoms with E-state index in [1.165, 1.54) is 19.3 Å². The lowest BCUT2D eigenvalue weighted by atomic mass is 9.81. The number of aromatic amines is 1. The average molecular weight is 399 g/mol. The summed E-state index contributed by atoms with van der Waals surface area (Å²) in [6.45, 7) is 1.17. The Morgan fingerprint density at radius 1 is 1.21 bits per heavy atom. The fourth-order valence-corrected chi connectivity index (χ4v) is 4.76. The first kappa shape index (κ1) is 19.7. The van der Waals surface area contributed by atoms with E-state index >= 15 is 0 Å². The molecule has 1 aliphatic carbocycles. The Kier molecular flexibility index (Phi) is 5.97. The van der Waals surface area contributed by atoms with Gasteiger partial charge in [0.2, 0.25) is 0 Å². The molecule has 156 valence electrons. The molecule has 1 saturated heterocycles. The number of H-pyrrole nitrogens is 1. The van der Waals surface area contributed by atoms with Crippen molar-refractivity contribution in [3.8, 4) is 0 Å². The van der Waals surface area contributed by atoms with E-state index in [0.29, 0.717) is 25.9 Å². The second-order valence-electron chi connectivity index (χ2n) is 8.42. The lowest BCUT2D eigenvalue weighted by Gasteiger charge is -2.38. The first-order chi connectivity index (χ1) is 14.1. The molecule has 3 N–H and O–H groups in total. The van der Waals surface area contributed by atoms with Crippen molar-refractivity contribution < 1.29 is 14.7 Å². The summed E-state index contributed by atoms with van der Waals surface area (Å²) in [5.74, 6) is 0.139. The number of carbonyl (C=O) groups excluding carboxylic acids is 1. The Hall–Kier alpha value is -2.64. The molecular formula is C21H29N5O3. The first-order valence-electron chi connectivity index (χ1n) is 10.6. The van der Waals surface area contributed by atoms with Crippen LogP contribution in [0.15, 0.2) is 18.5 Å². The van der Waals surface area contributed by atoms with Gasteiger partial charge in [-0.3, -0.25) is 9.78 Å². The average Bonchev–Trinajstić information content (AvgIpc) is 3.12. The van der Waals surface area contributed by atoms with E-state index in [4.69, 9.17) is 0 Å². The molecule has 2 aromatic heterocycles. The molecule has 1 aliphatic heterocycles. The van der Waals surface area contributed by atoms with E-state index in [9.17, 15) is 14.7 Å². The first-order valence-corrected chi connectivity index (χ1v) is 10.6. The third-order valence-corrected chi connectivity index (χ3v) is 6.34. The van der Waals surface area contributed by atoms with Gasteiger partial charge in [-0.25, -0.2) is 9.78 Å². The standard InChI is InChI=1S/C21H29N5O3/c27-20(28)11-14-7-9-26(21(29)23-16-4-2-1-3-5-16)13-15(14)10-19-24-17-6-8-22-12-18(17)25-19/h6,8,12,14-16H,1-5,7,9-11,13H2,(H,23,29)(H,24,25)(H,27,28). The van der Waals surface area contributed by atoms with Gasteiger partial charge in [0.05, 0.1) is 17.2 Å². The van der Waals surface area contributed by atoms with E-state index < -0.39 is 5.97 Å². The lowest BCUT2D eigenvalue weighted by molar-refractivity contribution is -0.139. The van der Waals surface area contributed by atoms with Crippen molar-refractivity contribution in [1.29, 1.82) is 0 Å². The van der Waals surface area contributed by atoms with Crippen LogP contribution in [0.4, 0.5) is 4.79 Å². The molecule has 0 bridgehead atoms. The number of nitrogens with one attached hydrogen (secondary N) is 2. The van der Waals surface area contributed by atoms with Gasteiger partial charge in [0, 0.05) is 38.2 Å². The van der Waals surface area contributed by atoms with Gasteiger partial charge in [-0.2, -0.15) is 0 Å². The molecule has 29 heavy (non-hydrogen) atoms. The minimum Gasteiger partial charge on any atom is -0.481 e. The van der Waals surface area contributed by atoms with Gasteiger partial charge in [0.1, 0.15) is 5.82 Å². The zero-order valence-corrected chi connectivity index (χ0v) is 16.6.